The molecular weight excluding hydrogens is 314 g/mol. The van der Waals surface area contributed by atoms with Crippen LogP contribution in [0.1, 0.15) is 0 Å². The van der Waals surface area contributed by atoms with Gasteiger partial charge in [-0.15, -0.1) is 40.3 Å². The van der Waals surface area contributed by atoms with Crippen LogP contribution >= 0.6 is 49.7 Å². The summed E-state index contributed by atoms with van der Waals surface area (Å²) < 4.78 is 5.40. The molecule has 0 aliphatic carbocycles. The Kier molecular flexibility index (Phi) is 4.11. The molecule has 2 heterocycles. The fourth-order valence-electron chi connectivity index (χ4n) is 1.07. The number of hydrogen-bond donors (Lipinski definition) is 2. The summed E-state index contributed by atoms with van der Waals surface area (Å²) in [5.41, 5.74) is 0. The van der Waals surface area contributed by atoms with Gasteiger partial charge in [-0.1, -0.05) is 12.2 Å². The van der Waals surface area contributed by atoms with E-state index in [-0.39, 0.29) is 14.7 Å². The van der Waals surface area contributed by atoms with Gasteiger partial charge in [0, 0.05) is 0 Å². The highest BCUT2D eigenvalue weighted by Gasteiger charge is 2.26. The predicted molar refractivity (Wildman–Crippen MR) is 78.2 cm³/mol. The van der Waals surface area contributed by atoms with Crippen molar-refractivity contribution in [1.82, 2.24) is 25.3 Å². The number of thiocarbonyl (C=S) groups is 2. The van der Waals surface area contributed by atoms with Gasteiger partial charge >= 0.3 is 6.01 Å². The lowest BCUT2D eigenvalue weighted by Crippen LogP contribution is -2.53. The lowest BCUT2D eigenvalue weighted by Gasteiger charge is -2.30. The van der Waals surface area contributed by atoms with Crippen molar-refractivity contribution in [3.8, 4) is 0 Å². The first-order valence-corrected chi connectivity index (χ1v) is 6.01. The molecule has 0 spiro atoms. The first-order chi connectivity index (χ1) is 8.61. The molecule has 2 aromatic heterocycles. The Bertz CT molecular complexity index is 490. The highest BCUT2D eigenvalue weighted by atomic mass is 32.1. The molecular formula is C6H5N7OS4. The maximum Gasteiger partial charge on any atom is 0.324 e. The number of nitrogens with zero attached hydrogens (tertiary/aromatic N) is 7. The van der Waals surface area contributed by atoms with Crippen LogP contribution in [0.3, 0.4) is 0 Å². The Morgan fingerprint density at radius 3 is 2.56 bits per heavy atom. The highest BCUT2D eigenvalue weighted by molar-refractivity contribution is 8.12. The topological polar surface area (TPSA) is 76.1 Å². The van der Waals surface area contributed by atoms with Crippen LogP contribution in [0.4, 0.5) is 6.01 Å². The van der Waals surface area contributed by atoms with Gasteiger partial charge in [0.15, 0.2) is 15.0 Å². The zero-order valence-corrected chi connectivity index (χ0v) is 11.9. The second-order valence-corrected chi connectivity index (χ2v) is 4.94. The van der Waals surface area contributed by atoms with Gasteiger partial charge in [0.1, 0.15) is 6.26 Å². The van der Waals surface area contributed by atoms with Gasteiger partial charge in [-0.05, 0) is 22.6 Å². The van der Waals surface area contributed by atoms with E-state index in [0.29, 0.717) is 0 Å². The van der Waals surface area contributed by atoms with E-state index in [2.05, 4.69) is 45.8 Å². The zero-order valence-electron chi connectivity index (χ0n) is 8.48. The van der Waals surface area contributed by atoms with Crippen molar-refractivity contribution in [3.05, 3.63) is 18.8 Å². The molecule has 0 atom stereocenters. The summed E-state index contributed by atoms with van der Waals surface area (Å²) in [5, 5.41) is 13.2. The predicted octanol–water partition coefficient (Wildman–Crippen LogP) is 0.450. The van der Waals surface area contributed by atoms with Crippen LogP contribution in [-0.2, 0) is 0 Å². The summed E-state index contributed by atoms with van der Waals surface area (Å²) in [6, 6.07) is 0.155. The molecule has 18 heavy (non-hydrogen) atoms. The molecule has 0 aromatic carbocycles. The largest absolute Gasteiger partial charge is 0.431 e. The van der Waals surface area contributed by atoms with Crippen molar-refractivity contribution in [2.75, 3.05) is 10.1 Å². The molecule has 0 radical (unpaired) electrons. The van der Waals surface area contributed by atoms with Crippen molar-refractivity contribution in [2.45, 2.75) is 0 Å². The van der Waals surface area contributed by atoms with Gasteiger partial charge in [-0.25, -0.2) is 4.98 Å². The van der Waals surface area contributed by atoms with Gasteiger partial charge in [0.05, 0.1) is 6.20 Å². The normalized spacial score (nSPS) is 10.1. The van der Waals surface area contributed by atoms with Crippen LogP contribution in [0.25, 0.3) is 0 Å². The van der Waals surface area contributed by atoms with Gasteiger partial charge in [0.25, 0.3) is 0 Å². The van der Waals surface area contributed by atoms with E-state index in [9.17, 15) is 0 Å². The Balaban J connectivity index is 2.45. The van der Waals surface area contributed by atoms with Gasteiger partial charge in [-0.3, -0.25) is 0 Å². The molecule has 0 unspecified atom stereocenters. The average Bonchev–Trinajstić information content (AvgIpc) is 2.97. The minimum absolute atomic E-state index is 0.122. The van der Waals surface area contributed by atoms with Crippen molar-refractivity contribution in [2.24, 2.45) is 0 Å². The molecule has 2 aromatic rings. The van der Waals surface area contributed by atoms with Crippen LogP contribution in [0.2, 0.25) is 0 Å². The van der Waals surface area contributed by atoms with E-state index in [1.807, 2.05) is 0 Å². The number of thiol groups is 2. The van der Waals surface area contributed by atoms with Gasteiger partial charge in [-0.2, -0.15) is 5.01 Å². The van der Waals surface area contributed by atoms with E-state index in [1.165, 1.54) is 33.7 Å². The fraction of sp³-hybridized carbons (Fsp3) is 0. The monoisotopic (exact) mass is 319 g/mol. The molecule has 0 N–H and O–H groups in total. The van der Waals surface area contributed by atoms with Crippen molar-refractivity contribution < 1.29 is 4.42 Å². The maximum absolute atomic E-state index is 5.15. The standard InChI is InChI=1S/C6H5N7OS4/c15-5(16)12(4-7-1-2-14-4)13(6(17)18)11-3-8-9-10-11/h1-3H,(H,15,16)(H,17,18). The Labute approximate surface area is 123 Å². The van der Waals surface area contributed by atoms with Gasteiger partial charge in [0.2, 0.25) is 0 Å². The molecule has 94 valence electrons. The Morgan fingerprint density at radius 2 is 2.11 bits per heavy atom. The lowest BCUT2D eigenvalue weighted by molar-refractivity contribution is 0.531. The van der Waals surface area contributed by atoms with Crippen LogP contribution in [0.15, 0.2) is 23.2 Å². The quantitative estimate of drug-likeness (QED) is 0.466. The minimum Gasteiger partial charge on any atom is -0.431 e. The smallest absolute Gasteiger partial charge is 0.324 e. The summed E-state index contributed by atoms with van der Waals surface area (Å²) in [6.45, 7) is 0. The van der Waals surface area contributed by atoms with Crippen LogP contribution in [-0.4, -0.2) is 33.9 Å². The van der Waals surface area contributed by atoms with E-state index in [4.69, 9.17) is 28.9 Å². The molecule has 0 fully saturated rings. The molecule has 0 saturated carbocycles. The fourth-order valence-corrected chi connectivity index (χ4v) is 1.74. The van der Waals surface area contributed by atoms with Crippen LogP contribution in [0.5, 0.6) is 0 Å². The summed E-state index contributed by atoms with van der Waals surface area (Å²) in [6.07, 6.45) is 4.14. The average molecular weight is 319 g/mol. The summed E-state index contributed by atoms with van der Waals surface area (Å²) in [4.78, 5) is 5.17. The van der Waals surface area contributed by atoms with E-state index in [0.717, 1.165) is 0 Å². The SMILES string of the molecule is S=C(S)N(c1ncco1)N(C(=S)S)n1cnnn1. The third kappa shape index (κ3) is 2.60. The molecule has 0 aliphatic heterocycles. The summed E-state index contributed by atoms with van der Waals surface area (Å²) >= 11 is 18.2. The maximum atomic E-state index is 5.15. The third-order valence-electron chi connectivity index (χ3n) is 1.67. The zero-order chi connectivity index (χ0) is 13.1. The summed E-state index contributed by atoms with van der Waals surface area (Å²) in [7, 11) is 0. The number of oxazole rings is 1. The van der Waals surface area contributed by atoms with Crippen LogP contribution < -0.4 is 10.1 Å². The van der Waals surface area contributed by atoms with E-state index in [1.54, 1.807) is 0 Å². The molecule has 2 rings (SSSR count). The second-order valence-electron chi connectivity index (χ2n) is 2.71. The van der Waals surface area contributed by atoms with E-state index >= 15 is 0 Å². The number of anilines is 1. The molecule has 8 nitrogen and oxygen atoms in total. The number of tetrazole rings is 1. The van der Waals surface area contributed by atoms with Crippen molar-refractivity contribution in [1.29, 1.82) is 0 Å². The first kappa shape index (κ1) is 13.2. The number of rotatable bonds is 2. The van der Waals surface area contributed by atoms with Crippen LogP contribution in [0, 0.1) is 0 Å². The molecule has 0 amide bonds. The lowest BCUT2D eigenvalue weighted by atomic mass is 10.9. The van der Waals surface area contributed by atoms with Crippen molar-refractivity contribution in [3.63, 3.8) is 0 Å². The molecule has 0 bridgehead atoms. The summed E-state index contributed by atoms with van der Waals surface area (Å²) in [5.74, 6) is 0. The highest BCUT2D eigenvalue weighted by Crippen LogP contribution is 2.16. The number of hydrogen-bond acceptors (Lipinski definition) is 7. The minimum atomic E-state index is 0.122. The molecule has 12 heteroatoms. The van der Waals surface area contributed by atoms with Crippen molar-refractivity contribution >= 4 is 64.3 Å². The second kappa shape index (κ2) is 5.60. The molecule has 0 aliphatic rings. The molecule has 0 saturated heterocycles. The Hall–Kier alpha value is -1.24. The van der Waals surface area contributed by atoms with E-state index < -0.39 is 0 Å². The van der Waals surface area contributed by atoms with Gasteiger partial charge < -0.3 is 4.42 Å². The number of hydrazine groups is 1. The Morgan fingerprint density at radius 1 is 1.33 bits per heavy atom. The first-order valence-electron chi connectivity index (χ1n) is 4.30. The third-order valence-corrected chi connectivity index (χ3v) is 2.38. The number of aromatic nitrogens is 5.